The largest absolute Gasteiger partial charge is 0.480 e. The second-order valence-corrected chi connectivity index (χ2v) is 13.3. The highest BCUT2D eigenvalue weighted by molar-refractivity contribution is 6.04. The lowest BCUT2D eigenvalue weighted by Crippen LogP contribution is -2.31. The van der Waals surface area contributed by atoms with E-state index < -0.39 is 18.2 Å². The molecule has 0 radical (unpaired) electrons. The summed E-state index contributed by atoms with van der Waals surface area (Å²) in [6.07, 6.45) is 0.665. The van der Waals surface area contributed by atoms with Crippen molar-refractivity contribution in [1.29, 1.82) is 0 Å². The number of carboxylic acids is 1. The number of nitrogens with zero attached hydrogens (tertiary/aromatic N) is 6. The van der Waals surface area contributed by atoms with Crippen LogP contribution in [0.5, 0.6) is 0 Å². The molecular weight excluding hydrogens is 672 g/mol. The Hall–Kier alpha value is -5.38. The summed E-state index contributed by atoms with van der Waals surface area (Å²) in [6, 6.07) is 14.5. The topological polar surface area (TPSA) is 170 Å². The number of pyridine rings is 1. The van der Waals surface area contributed by atoms with Gasteiger partial charge in [0.1, 0.15) is 5.52 Å². The number of aliphatic hydroxyl groups is 1. The van der Waals surface area contributed by atoms with Crippen LogP contribution in [0.3, 0.4) is 0 Å². The monoisotopic (exact) mass is 711 g/mol. The minimum absolute atomic E-state index is 0.157. The Morgan fingerprint density at radius 1 is 1.00 bits per heavy atom. The van der Waals surface area contributed by atoms with Gasteiger partial charge < -0.3 is 20.8 Å². The molecule has 1 amide bonds. The van der Waals surface area contributed by atoms with E-state index in [1.165, 1.54) is 0 Å². The predicted octanol–water partition coefficient (Wildman–Crippen LogP) is 5.51. The zero-order valence-electron chi connectivity index (χ0n) is 28.7. The summed E-state index contributed by atoms with van der Waals surface area (Å²) in [5.41, 5.74) is 7.05. The molecular formula is C37H39F2N9O4. The lowest BCUT2D eigenvalue weighted by atomic mass is 9.94. The van der Waals surface area contributed by atoms with Crippen molar-refractivity contribution >= 4 is 40.1 Å². The average Bonchev–Trinajstić information content (AvgIpc) is 3.75. The fraction of sp³-hybridized carbons (Fsp3) is 0.351. The molecule has 0 aliphatic carbocycles. The van der Waals surface area contributed by atoms with Crippen LogP contribution in [0, 0.1) is 13.8 Å². The number of aromatic nitrogens is 5. The molecule has 7 rings (SSSR count). The van der Waals surface area contributed by atoms with Gasteiger partial charge in [-0.3, -0.25) is 29.5 Å². The average molecular weight is 712 g/mol. The molecule has 3 aromatic heterocycles. The fourth-order valence-electron chi connectivity index (χ4n) is 7.02. The first-order valence-electron chi connectivity index (χ1n) is 17.2. The Bertz CT molecular complexity index is 2160. The first-order valence-corrected chi connectivity index (χ1v) is 17.2. The maximum atomic E-state index is 14.0. The number of anilines is 3. The molecule has 0 unspecified atom stereocenters. The van der Waals surface area contributed by atoms with Crippen LogP contribution in [0.1, 0.15) is 70.4 Å². The summed E-state index contributed by atoms with van der Waals surface area (Å²) in [6.45, 7) is 6.09. The molecule has 52 heavy (non-hydrogen) atoms. The minimum atomic E-state index is -2.89. The number of alkyl halides is 2. The van der Waals surface area contributed by atoms with E-state index in [-0.39, 0.29) is 36.1 Å². The number of β-amino-alcohol motifs (C(OH)–C–C–N with tert-alkyl or cyclic N) is 1. The van der Waals surface area contributed by atoms with Gasteiger partial charge in [0.2, 0.25) is 0 Å². The first-order chi connectivity index (χ1) is 25.0. The van der Waals surface area contributed by atoms with Crippen LogP contribution >= 0.6 is 0 Å². The van der Waals surface area contributed by atoms with Crippen molar-refractivity contribution in [2.24, 2.45) is 0 Å². The van der Waals surface area contributed by atoms with Crippen LogP contribution in [0.25, 0.3) is 22.2 Å². The second-order valence-electron chi connectivity index (χ2n) is 13.3. The van der Waals surface area contributed by atoms with Crippen LogP contribution in [0.2, 0.25) is 0 Å². The van der Waals surface area contributed by atoms with E-state index in [9.17, 15) is 23.5 Å². The van der Waals surface area contributed by atoms with Gasteiger partial charge in [0.05, 0.1) is 23.9 Å². The molecule has 5 heterocycles. The number of carbonyl (C=O) groups excluding carboxylic acids is 1. The van der Waals surface area contributed by atoms with E-state index in [4.69, 9.17) is 5.11 Å². The molecule has 2 atom stereocenters. The highest BCUT2D eigenvalue weighted by Crippen LogP contribution is 2.36. The summed E-state index contributed by atoms with van der Waals surface area (Å²) in [5, 5.41) is 32.8. The number of carbonyl (C=O) groups is 2. The molecule has 270 valence electrons. The molecule has 13 nitrogen and oxygen atoms in total. The Labute approximate surface area is 298 Å². The van der Waals surface area contributed by atoms with Crippen molar-refractivity contribution in [3.63, 3.8) is 0 Å². The van der Waals surface area contributed by atoms with Crippen molar-refractivity contribution in [2.45, 2.75) is 64.8 Å². The van der Waals surface area contributed by atoms with Crippen LogP contribution < -0.4 is 16.0 Å². The number of carboxylic acid groups (broad SMARTS) is 1. The Kier molecular flexibility index (Phi) is 9.90. The highest BCUT2D eigenvalue weighted by atomic mass is 19.3. The summed E-state index contributed by atoms with van der Waals surface area (Å²) in [5.74, 6) is -1.79. The van der Waals surface area contributed by atoms with Crippen LogP contribution in [-0.4, -0.2) is 77.5 Å². The third kappa shape index (κ3) is 7.33. The number of hydrogen-bond donors (Lipinski definition) is 5. The van der Waals surface area contributed by atoms with Crippen molar-refractivity contribution in [3.8, 4) is 11.1 Å². The second kappa shape index (κ2) is 14.7. The molecule has 0 bridgehead atoms. The lowest BCUT2D eigenvalue weighted by Gasteiger charge is -2.23. The quantitative estimate of drug-likeness (QED) is 0.117. The van der Waals surface area contributed by atoms with Crippen molar-refractivity contribution in [3.05, 3.63) is 88.6 Å². The number of rotatable bonds is 11. The number of aliphatic carboxylic acids is 1. The minimum Gasteiger partial charge on any atom is -0.480 e. The van der Waals surface area contributed by atoms with E-state index in [1.54, 1.807) is 23.0 Å². The molecule has 1 fully saturated rings. The summed E-state index contributed by atoms with van der Waals surface area (Å²) in [7, 11) is 0. The number of hydrogen-bond acceptors (Lipinski definition) is 10. The summed E-state index contributed by atoms with van der Waals surface area (Å²) < 4.78 is 29.8. The summed E-state index contributed by atoms with van der Waals surface area (Å²) in [4.78, 5) is 39.5. The smallest absolute Gasteiger partial charge is 0.317 e. The number of amides is 1. The van der Waals surface area contributed by atoms with Gasteiger partial charge in [-0.2, -0.15) is 5.10 Å². The Balaban J connectivity index is 1.14. The number of nitrogens with one attached hydrogen (secondary N) is 3. The summed E-state index contributed by atoms with van der Waals surface area (Å²) >= 11 is 0. The van der Waals surface area contributed by atoms with E-state index in [0.717, 1.165) is 52.9 Å². The Morgan fingerprint density at radius 2 is 1.75 bits per heavy atom. The van der Waals surface area contributed by atoms with Gasteiger partial charge in [-0.1, -0.05) is 24.3 Å². The number of aliphatic hydroxyl groups excluding tert-OH is 1. The molecule has 2 aromatic carbocycles. The van der Waals surface area contributed by atoms with Gasteiger partial charge in [-0.15, -0.1) is 0 Å². The predicted molar refractivity (Wildman–Crippen MR) is 191 cm³/mol. The van der Waals surface area contributed by atoms with E-state index in [2.05, 4.69) is 40.9 Å². The third-order valence-corrected chi connectivity index (χ3v) is 9.68. The maximum absolute atomic E-state index is 14.0. The van der Waals surface area contributed by atoms with Crippen LogP contribution in [0.15, 0.2) is 54.7 Å². The van der Waals surface area contributed by atoms with Crippen molar-refractivity contribution in [2.75, 3.05) is 30.3 Å². The number of likely N-dealkylation sites (tertiary alicyclic amines) is 1. The van der Waals surface area contributed by atoms with Crippen LogP contribution in [0.4, 0.5) is 26.0 Å². The van der Waals surface area contributed by atoms with E-state index in [1.807, 2.05) is 50.2 Å². The molecule has 15 heteroatoms. The first kappa shape index (κ1) is 35.0. The SMILES string of the molecule is Cc1c(NC(=O)c2cc3n(n2)CCC[C@H]3NCC(=O)O)cccc1-c1cccc(Nc2nc(C(F)F)nc3cc(CN4CC[C@@H](O)C4)cnc23)c1C. The lowest BCUT2D eigenvalue weighted by molar-refractivity contribution is -0.136. The fourth-order valence-corrected chi connectivity index (χ4v) is 7.02. The molecule has 5 aromatic rings. The molecule has 2 aliphatic rings. The number of halogens is 2. The highest BCUT2D eigenvalue weighted by Gasteiger charge is 2.26. The molecule has 1 saturated heterocycles. The van der Waals surface area contributed by atoms with E-state index in [0.29, 0.717) is 48.5 Å². The van der Waals surface area contributed by atoms with Gasteiger partial charge in [0, 0.05) is 49.8 Å². The normalized spacial score (nSPS) is 17.4. The van der Waals surface area contributed by atoms with Crippen LogP contribution in [-0.2, 0) is 17.9 Å². The van der Waals surface area contributed by atoms with Crippen molar-refractivity contribution < 1.29 is 28.6 Å². The van der Waals surface area contributed by atoms with Crippen molar-refractivity contribution in [1.82, 2.24) is 34.9 Å². The molecule has 2 aliphatic heterocycles. The zero-order valence-corrected chi connectivity index (χ0v) is 28.7. The molecule has 0 saturated carbocycles. The number of fused-ring (bicyclic) bond motifs is 2. The van der Waals surface area contributed by atoms with Gasteiger partial charge in [0.25, 0.3) is 12.3 Å². The maximum Gasteiger partial charge on any atom is 0.317 e. The standard InChI is InChI=1S/C37H39F2N9O4/c1-20-24(25-7-4-9-27(21(25)2)44-37(52)30-15-31-28(40-17-32(50)51)10-5-12-48(31)46-30)6-3-8-26(20)42-35-33-29(43-36(45-35)34(38)39)14-22(16-41-33)18-47-13-11-23(49)19-47/h3-4,6-9,14-16,23,28,34,40,49H,5,10-13,17-19H2,1-2H3,(H,44,52)(H,50,51)(H,42,43,45)/t23-,28-/m1/s1. The molecule has 0 spiro atoms. The number of benzene rings is 2. The van der Waals surface area contributed by atoms with E-state index >= 15 is 0 Å². The van der Waals surface area contributed by atoms with Gasteiger partial charge in [-0.25, -0.2) is 18.7 Å². The van der Waals surface area contributed by atoms with Gasteiger partial charge in [0.15, 0.2) is 17.3 Å². The van der Waals surface area contributed by atoms with Gasteiger partial charge >= 0.3 is 5.97 Å². The van der Waals surface area contributed by atoms with Gasteiger partial charge in [-0.05, 0) is 85.2 Å². The molecule has 5 N–H and O–H groups in total. The Morgan fingerprint density at radius 3 is 2.46 bits per heavy atom. The third-order valence-electron chi connectivity index (χ3n) is 9.68. The zero-order chi connectivity index (χ0) is 36.5. The number of aryl methyl sites for hydroxylation is 1.